The van der Waals surface area contributed by atoms with Gasteiger partial charge in [0, 0.05) is 17.4 Å². The van der Waals surface area contributed by atoms with E-state index in [2.05, 4.69) is 14.7 Å². The number of halogens is 1. The molecule has 0 amide bonds. The van der Waals surface area contributed by atoms with Crippen LogP contribution in [0.15, 0.2) is 71.8 Å². The summed E-state index contributed by atoms with van der Waals surface area (Å²) in [4.78, 5) is 9.71. The maximum absolute atomic E-state index is 12.6. The van der Waals surface area contributed by atoms with Gasteiger partial charge in [0.25, 0.3) is 10.0 Å². The lowest BCUT2D eigenvalue weighted by Crippen LogP contribution is -2.13. The predicted molar refractivity (Wildman–Crippen MR) is 105 cm³/mol. The van der Waals surface area contributed by atoms with Gasteiger partial charge in [0.05, 0.1) is 5.02 Å². The first-order valence-electron chi connectivity index (χ1n) is 7.62. The van der Waals surface area contributed by atoms with E-state index < -0.39 is 10.0 Å². The summed E-state index contributed by atoms with van der Waals surface area (Å²) in [5, 5.41) is 0.950. The van der Waals surface area contributed by atoms with Gasteiger partial charge in [-0.2, -0.15) is 0 Å². The fourth-order valence-electron chi connectivity index (χ4n) is 2.48. The van der Waals surface area contributed by atoms with Crippen LogP contribution in [0.1, 0.15) is 0 Å². The monoisotopic (exact) mass is 401 g/mol. The summed E-state index contributed by atoms with van der Waals surface area (Å²) < 4.78 is 27.8. The number of benzene rings is 2. The van der Waals surface area contributed by atoms with Gasteiger partial charge in [-0.25, -0.2) is 18.4 Å². The van der Waals surface area contributed by atoms with Crippen molar-refractivity contribution in [2.75, 3.05) is 4.72 Å². The molecule has 0 saturated carbocycles. The van der Waals surface area contributed by atoms with Gasteiger partial charge in [0.15, 0.2) is 0 Å². The normalized spacial score (nSPS) is 11.6. The number of nitrogens with zero attached hydrogens (tertiary/aromatic N) is 2. The second-order valence-electron chi connectivity index (χ2n) is 5.46. The lowest BCUT2D eigenvalue weighted by Gasteiger charge is -2.10. The molecule has 0 aliphatic rings. The van der Waals surface area contributed by atoms with Gasteiger partial charge >= 0.3 is 0 Å². The highest BCUT2D eigenvalue weighted by Crippen LogP contribution is 2.31. The highest BCUT2D eigenvalue weighted by molar-refractivity contribution is 7.92. The average molecular weight is 402 g/mol. The summed E-state index contributed by atoms with van der Waals surface area (Å²) in [7, 11) is -3.78. The van der Waals surface area contributed by atoms with E-state index in [1.807, 2.05) is 18.2 Å². The molecule has 4 aromatic rings. The molecule has 2 aromatic carbocycles. The van der Waals surface area contributed by atoms with E-state index in [4.69, 9.17) is 11.6 Å². The average Bonchev–Trinajstić information content (AvgIpc) is 3.06. The number of nitrogens with one attached hydrogen (secondary N) is 1. The lowest BCUT2D eigenvalue weighted by molar-refractivity contribution is 0.601. The first kappa shape index (κ1) is 17.0. The fourth-order valence-corrected chi connectivity index (χ4v) is 4.96. The third-order valence-corrected chi connectivity index (χ3v) is 6.56. The summed E-state index contributed by atoms with van der Waals surface area (Å²) in [6, 6.07) is 17.1. The summed E-state index contributed by atoms with van der Waals surface area (Å²) >= 11 is 7.47. The molecule has 0 saturated heterocycles. The second-order valence-corrected chi connectivity index (χ2v) is 8.50. The van der Waals surface area contributed by atoms with Crippen molar-refractivity contribution in [3.8, 4) is 10.6 Å². The first-order chi connectivity index (χ1) is 12.5. The Morgan fingerprint density at radius 1 is 1.00 bits per heavy atom. The Kier molecular flexibility index (Phi) is 4.36. The Labute approximate surface area is 159 Å². The number of thiazole rings is 1. The van der Waals surface area contributed by atoms with E-state index >= 15 is 0 Å². The Hall–Kier alpha value is -2.48. The number of anilines is 1. The van der Waals surface area contributed by atoms with Crippen LogP contribution in [-0.2, 0) is 10.0 Å². The van der Waals surface area contributed by atoms with Gasteiger partial charge in [-0.15, -0.1) is 0 Å². The van der Waals surface area contributed by atoms with Crippen LogP contribution in [0.5, 0.6) is 0 Å². The molecular weight excluding hydrogens is 390 g/mol. The third kappa shape index (κ3) is 3.29. The summed E-state index contributed by atoms with van der Waals surface area (Å²) in [5.74, 6) is 0. The molecule has 0 spiro atoms. The van der Waals surface area contributed by atoms with Crippen LogP contribution in [-0.4, -0.2) is 18.4 Å². The van der Waals surface area contributed by atoms with E-state index in [0.29, 0.717) is 5.69 Å². The fraction of sp³-hybridized carbons (Fsp3) is 0. The second kappa shape index (κ2) is 6.68. The van der Waals surface area contributed by atoms with Crippen LogP contribution in [0.4, 0.5) is 5.69 Å². The number of sulfonamides is 1. The van der Waals surface area contributed by atoms with Crippen LogP contribution in [0.25, 0.3) is 20.9 Å². The maximum atomic E-state index is 12.6. The molecule has 5 nitrogen and oxygen atoms in total. The molecule has 130 valence electrons. The largest absolute Gasteiger partial charge is 0.280 e. The van der Waals surface area contributed by atoms with Crippen LogP contribution < -0.4 is 4.72 Å². The van der Waals surface area contributed by atoms with E-state index in [0.717, 1.165) is 20.9 Å². The maximum Gasteiger partial charge on any atom is 0.263 e. The summed E-state index contributed by atoms with van der Waals surface area (Å²) in [6.45, 7) is 0. The Morgan fingerprint density at radius 3 is 2.65 bits per heavy atom. The number of hydrogen-bond acceptors (Lipinski definition) is 5. The molecule has 8 heteroatoms. The number of rotatable bonds is 4. The zero-order chi connectivity index (χ0) is 18.1. The van der Waals surface area contributed by atoms with Crippen molar-refractivity contribution in [3.05, 3.63) is 71.9 Å². The highest BCUT2D eigenvalue weighted by Gasteiger charge is 2.18. The van der Waals surface area contributed by atoms with E-state index in [1.165, 1.54) is 17.4 Å². The van der Waals surface area contributed by atoms with Gasteiger partial charge in [-0.05, 0) is 36.4 Å². The number of hydrogen-bond donors (Lipinski definition) is 1. The smallest absolute Gasteiger partial charge is 0.263 e. The van der Waals surface area contributed by atoms with E-state index in [9.17, 15) is 8.42 Å². The lowest BCUT2D eigenvalue weighted by atomic mass is 10.2. The molecule has 0 aliphatic heterocycles. The molecule has 1 N–H and O–H groups in total. The number of fused-ring (bicyclic) bond motifs is 1. The van der Waals surface area contributed by atoms with E-state index in [1.54, 1.807) is 42.6 Å². The van der Waals surface area contributed by atoms with Crippen molar-refractivity contribution in [3.63, 3.8) is 0 Å². The van der Waals surface area contributed by atoms with Crippen LogP contribution in [0.2, 0.25) is 5.02 Å². The highest BCUT2D eigenvalue weighted by atomic mass is 35.5. The van der Waals surface area contributed by atoms with Crippen molar-refractivity contribution < 1.29 is 8.42 Å². The quantitative estimate of drug-likeness (QED) is 0.532. The topological polar surface area (TPSA) is 72.0 Å². The molecule has 0 fully saturated rings. The SMILES string of the molecule is O=S(=O)(Nc1cccc(-c2nc3cccnc3s2)c1)c1ccccc1Cl. The van der Waals surface area contributed by atoms with Crippen LogP contribution >= 0.6 is 22.9 Å². The van der Waals surface area contributed by atoms with Crippen molar-refractivity contribution in [1.29, 1.82) is 0 Å². The van der Waals surface area contributed by atoms with Crippen molar-refractivity contribution in [2.45, 2.75) is 4.90 Å². The molecule has 2 aromatic heterocycles. The summed E-state index contributed by atoms with van der Waals surface area (Å²) in [6.07, 6.45) is 1.72. The van der Waals surface area contributed by atoms with Crippen molar-refractivity contribution >= 4 is 49.0 Å². The molecular formula is C18H12ClN3O2S2. The molecule has 4 rings (SSSR count). The van der Waals surface area contributed by atoms with Crippen LogP contribution in [0, 0.1) is 0 Å². The standard InChI is InChI=1S/C18H12ClN3O2S2/c19-14-7-1-2-9-16(14)26(23,24)22-13-6-3-5-12(11-13)17-21-15-8-4-10-20-18(15)25-17/h1-11,22H. The zero-order valence-electron chi connectivity index (χ0n) is 13.3. The minimum absolute atomic E-state index is 0.0382. The van der Waals surface area contributed by atoms with Gasteiger partial charge in [0.1, 0.15) is 20.3 Å². The third-order valence-electron chi connectivity index (χ3n) is 3.65. The van der Waals surface area contributed by atoms with Gasteiger partial charge in [0.2, 0.25) is 0 Å². The van der Waals surface area contributed by atoms with Crippen molar-refractivity contribution in [2.24, 2.45) is 0 Å². The molecule has 0 radical (unpaired) electrons. The number of pyridine rings is 1. The number of aromatic nitrogens is 2. The molecule has 0 aliphatic carbocycles. The minimum atomic E-state index is -3.78. The summed E-state index contributed by atoms with van der Waals surface area (Å²) in [5.41, 5.74) is 2.07. The molecule has 0 bridgehead atoms. The Bertz CT molecular complexity index is 1170. The minimum Gasteiger partial charge on any atom is -0.280 e. The molecule has 26 heavy (non-hydrogen) atoms. The molecule has 0 unspecified atom stereocenters. The van der Waals surface area contributed by atoms with Gasteiger partial charge in [-0.3, -0.25) is 4.72 Å². The molecule has 2 heterocycles. The van der Waals surface area contributed by atoms with Crippen molar-refractivity contribution in [1.82, 2.24) is 9.97 Å². The Morgan fingerprint density at radius 2 is 1.85 bits per heavy atom. The first-order valence-corrected chi connectivity index (χ1v) is 10.3. The van der Waals surface area contributed by atoms with Gasteiger partial charge < -0.3 is 0 Å². The van der Waals surface area contributed by atoms with E-state index in [-0.39, 0.29) is 9.92 Å². The molecule has 0 atom stereocenters. The van der Waals surface area contributed by atoms with Gasteiger partial charge in [-0.1, -0.05) is 47.2 Å². The zero-order valence-corrected chi connectivity index (χ0v) is 15.6. The Balaban J connectivity index is 1.69. The van der Waals surface area contributed by atoms with Crippen LogP contribution in [0.3, 0.4) is 0 Å². The predicted octanol–water partition coefficient (Wildman–Crippen LogP) is 4.81.